The van der Waals surface area contributed by atoms with Crippen molar-refractivity contribution in [1.29, 1.82) is 0 Å². The number of esters is 1. The van der Waals surface area contributed by atoms with Crippen LogP contribution in [0.3, 0.4) is 0 Å². The molecule has 7 heteroatoms. The Hall–Kier alpha value is -2.15. The highest BCUT2D eigenvalue weighted by Gasteiger charge is 2.31. The third kappa shape index (κ3) is 2.20. The smallest absolute Gasteiger partial charge is 0.330 e. The second-order valence-corrected chi connectivity index (χ2v) is 4.58. The van der Waals surface area contributed by atoms with E-state index in [1.807, 2.05) is 17.9 Å². The molecule has 1 atom stereocenters. The van der Waals surface area contributed by atoms with Gasteiger partial charge in [-0.1, -0.05) is 0 Å². The number of carbonyl (C=O) groups excluding carboxylic acids is 1. The van der Waals surface area contributed by atoms with E-state index in [9.17, 15) is 4.79 Å². The van der Waals surface area contributed by atoms with E-state index in [1.165, 1.54) is 0 Å². The fourth-order valence-electron chi connectivity index (χ4n) is 2.47. The number of fused-ring (bicyclic) bond motifs is 1. The summed E-state index contributed by atoms with van der Waals surface area (Å²) in [6.07, 6.45) is 5.21. The first-order valence-corrected chi connectivity index (χ1v) is 6.73. The third-order valence-corrected chi connectivity index (χ3v) is 3.38. The highest BCUT2D eigenvalue weighted by Crippen LogP contribution is 2.21. The number of aromatic nitrogens is 3. The summed E-state index contributed by atoms with van der Waals surface area (Å²) >= 11 is 0. The van der Waals surface area contributed by atoms with E-state index in [4.69, 9.17) is 4.74 Å². The maximum absolute atomic E-state index is 12.1. The van der Waals surface area contributed by atoms with Gasteiger partial charge in [-0.15, -0.1) is 0 Å². The van der Waals surface area contributed by atoms with Crippen LogP contribution in [0.4, 0.5) is 5.82 Å². The molecule has 1 unspecified atom stereocenters. The van der Waals surface area contributed by atoms with Gasteiger partial charge in [-0.25, -0.2) is 14.3 Å². The number of rotatable bonds is 3. The Bertz CT molecular complexity index is 612. The molecule has 1 aliphatic rings. The van der Waals surface area contributed by atoms with Gasteiger partial charge >= 0.3 is 5.97 Å². The van der Waals surface area contributed by atoms with Crippen molar-refractivity contribution in [3.63, 3.8) is 0 Å². The maximum Gasteiger partial charge on any atom is 0.330 e. The molecule has 2 aromatic heterocycles. The molecule has 0 aliphatic carbocycles. The summed E-state index contributed by atoms with van der Waals surface area (Å²) in [5.74, 6) is 0.549. The van der Waals surface area contributed by atoms with Gasteiger partial charge < -0.3 is 15.0 Å². The lowest BCUT2D eigenvalue weighted by molar-refractivity contribution is -0.144. The topological polar surface area (TPSA) is 71.8 Å². The number of anilines is 1. The Morgan fingerprint density at radius 2 is 2.45 bits per heavy atom. The molecule has 0 amide bonds. The Morgan fingerprint density at radius 3 is 3.30 bits per heavy atom. The van der Waals surface area contributed by atoms with Gasteiger partial charge in [0.2, 0.25) is 0 Å². The molecule has 1 saturated heterocycles. The summed E-state index contributed by atoms with van der Waals surface area (Å²) in [6, 6.07) is 1.55. The maximum atomic E-state index is 12.1. The van der Waals surface area contributed by atoms with Crippen LogP contribution in [0.5, 0.6) is 0 Å². The lowest BCUT2D eigenvalue weighted by Crippen LogP contribution is -2.56. The average Bonchev–Trinajstić information content (AvgIpc) is 2.96. The third-order valence-electron chi connectivity index (χ3n) is 3.38. The number of nitrogens with one attached hydrogen (secondary N) is 1. The Balaban J connectivity index is 1.97. The van der Waals surface area contributed by atoms with Crippen molar-refractivity contribution in [3.05, 3.63) is 24.7 Å². The molecule has 1 aliphatic heterocycles. The number of ether oxygens (including phenoxy) is 1. The molecule has 1 fully saturated rings. The quantitative estimate of drug-likeness (QED) is 0.799. The van der Waals surface area contributed by atoms with Crippen LogP contribution in [0.25, 0.3) is 5.52 Å². The van der Waals surface area contributed by atoms with Crippen molar-refractivity contribution in [1.82, 2.24) is 19.9 Å². The van der Waals surface area contributed by atoms with Crippen LogP contribution in [-0.4, -0.2) is 52.9 Å². The minimum absolute atomic E-state index is 0.219. The molecule has 0 bridgehead atoms. The van der Waals surface area contributed by atoms with Crippen LogP contribution >= 0.6 is 0 Å². The number of nitrogens with zero attached hydrogens (tertiary/aromatic N) is 4. The van der Waals surface area contributed by atoms with Gasteiger partial charge in [-0.3, -0.25) is 0 Å². The summed E-state index contributed by atoms with van der Waals surface area (Å²) in [5.41, 5.74) is 0.892. The lowest BCUT2D eigenvalue weighted by Gasteiger charge is -2.35. The van der Waals surface area contributed by atoms with Crippen molar-refractivity contribution in [2.45, 2.75) is 13.0 Å². The normalized spacial score (nSPS) is 19.2. The van der Waals surface area contributed by atoms with Crippen molar-refractivity contribution in [2.24, 2.45) is 0 Å². The van der Waals surface area contributed by atoms with E-state index in [0.717, 1.165) is 17.9 Å². The molecule has 7 nitrogen and oxygen atoms in total. The highest BCUT2D eigenvalue weighted by molar-refractivity contribution is 5.83. The molecule has 0 aromatic carbocycles. The average molecular weight is 275 g/mol. The van der Waals surface area contributed by atoms with Gasteiger partial charge in [0, 0.05) is 32.0 Å². The molecular formula is C13H17N5O2. The van der Waals surface area contributed by atoms with Gasteiger partial charge in [-0.2, -0.15) is 5.10 Å². The molecular weight excluding hydrogens is 258 g/mol. The van der Waals surface area contributed by atoms with Crippen LogP contribution in [-0.2, 0) is 9.53 Å². The molecule has 3 heterocycles. The molecule has 3 rings (SSSR count). The van der Waals surface area contributed by atoms with Gasteiger partial charge in [0.25, 0.3) is 0 Å². The molecule has 106 valence electrons. The summed E-state index contributed by atoms with van der Waals surface area (Å²) in [5, 5.41) is 7.42. The number of hydrogen-bond acceptors (Lipinski definition) is 6. The van der Waals surface area contributed by atoms with Crippen molar-refractivity contribution < 1.29 is 9.53 Å². The molecule has 0 spiro atoms. The first-order chi connectivity index (χ1) is 9.81. The second-order valence-electron chi connectivity index (χ2n) is 4.58. The SMILES string of the molecule is CCOC(=O)C1CNCCN1c1nccn2nccc12. The molecule has 2 aromatic rings. The lowest BCUT2D eigenvalue weighted by atomic mass is 10.2. The predicted octanol–water partition coefficient (Wildman–Crippen LogP) is 0.0706. The van der Waals surface area contributed by atoms with Gasteiger partial charge in [-0.05, 0) is 13.0 Å². The van der Waals surface area contributed by atoms with Crippen molar-refractivity contribution in [3.8, 4) is 0 Å². The van der Waals surface area contributed by atoms with E-state index in [1.54, 1.807) is 23.1 Å². The Labute approximate surface area is 116 Å². The fourth-order valence-corrected chi connectivity index (χ4v) is 2.47. The summed E-state index contributed by atoms with van der Waals surface area (Å²) in [7, 11) is 0. The van der Waals surface area contributed by atoms with Gasteiger partial charge in [0.05, 0.1) is 12.8 Å². The Kier molecular flexibility index (Phi) is 3.51. The van der Waals surface area contributed by atoms with E-state index < -0.39 is 0 Å². The first kappa shape index (κ1) is 12.9. The Morgan fingerprint density at radius 1 is 1.55 bits per heavy atom. The van der Waals surface area contributed by atoms with Gasteiger partial charge in [0.15, 0.2) is 5.82 Å². The summed E-state index contributed by atoms with van der Waals surface area (Å²) in [6.45, 7) is 4.28. The van der Waals surface area contributed by atoms with Crippen LogP contribution < -0.4 is 10.2 Å². The van der Waals surface area contributed by atoms with Crippen LogP contribution in [0.1, 0.15) is 6.92 Å². The molecule has 20 heavy (non-hydrogen) atoms. The predicted molar refractivity (Wildman–Crippen MR) is 73.6 cm³/mol. The number of carbonyl (C=O) groups is 1. The van der Waals surface area contributed by atoms with Crippen molar-refractivity contribution in [2.75, 3.05) is 31.1 Å². The van der Waals surface area contributed by atoms with Crippen LogP contribution in [0.15, 0.2) is 24.7 Å². The van der Waals surface area contributed by atoms with E-state index >= 15 is 0 Å². The van der Waals surface area contributed by atoms with Gasteiger partial charge in [0.1, 0.15) is 11.6 Å². The molecule has 0 saturated carbocycles. The summed E-state index contributed by atoms with van der Waals surface area (Å²) in [4.78, 5) is 18.5. The van der Waals surface area contributed by atoms with Crippen LogP contribution in [0.2, 0.25) is 0 Å². The molecule has 1 N–H and O–H groups in total. The fraction of sp³-hybridized carbons (Fsp3) is 0.462. The zero-order chi connectivity index (χ0) is 13.9. The molecule has 0 radical (unpaired) electrons. The zero-order valence-corrected chi connectivity index (χ0v) is 11.3. The van der Waals surface area contributed by atoms with Crippen LogP contribution in [0, 0.1) is 0 Å². The van der Waals surface area contributed by atoms with E-state index in [2.05, 4.69) is 15.4 Å². The minimum atomic E-state index is -0.350. The van der Waals surface area contributed by atoms with Crippen molar-refractivity contribution >= 4 is 17.3 Å². The van der Waals surface area contributed by atoms with E-state index in [-0.39, 0.29) is 12.0 Å². The monoisotopic (exact) mass is 275 g/mol. The first-order valence-electron chi connectivity index (χ1n) is 6.73. The second kappa shape index (κ2) is 5.46. The minimum Gasteiger partial charge on any atom is -0.464 e. The number of piperazine rings is 1. The van der Waals surface area contributed by atoms with E-state index in [0.29, 0.717) is 19.7 Å². The highest BCUT2D eigenvalue weighted by atomic mass is 16.5. The standard InChI is InChI=1S/C13H17N5O2/c1-2-20-13(19)11-9-14-5-7-17(11)12-10-3-4-16-18(10)8-6-15-12/h3-4,6,8,11,14H,2,5,7,9H2,1H3. The summed E-state index contributed by atoms with van der Waals surface area (Å²) < 4.78 is 6.91. The largest absolute Gasteiger partial charge is 0.464 e. The zero-order valence-electron chi connectivity index (χ0n) is 11.3. The number of hydrogen-bond donors (Lipinski definition) is 1.